The van der Waals surface area contributed by atoms with Gasteiger partial charge in [0.15, 0.2) is 5.65 Å². The summed E-state index contributed by atoms with van der Waals surface area (Å²) in [7, 11) is 0.442. The van der Waals surface area contributed by atoms with Gasteiger partial charge in [-0.2, -0.15) is 5.10 Å². The van der Waals surface area contributed by atoms with Crippen LogP contribution < -0.4 is 10.1 Å². The summed E-state index contributed by atoms with van der Waals surface area (Å²) in [5, 5.41) is 7.24. The van der Waals surface area contributed by atoms with Gasteiger partial charge in [-0.25, -0.2) is 9.97 Å². The van der Waals surface area contributed by atoms with E-state index in [2.05, 4.69) is 41.6 Å². The molecule has 1 aromatic carbocycles. The number of ether oxygens (including phenoxy) is 4. The number of hydrogen-bond donors (Lipinski definition) is 1. The summed E-state index contributed by atoms with van der Waals surface area (Å²) in [6.45, 7) is 13.8. The van der Waals surface area contributed by atoms with E-state index in [0.717, 1.165) is 17.2 Å². The largest absolute Gasteiger partial charge is 0.437 e. The smallest absolute Gasteiger partial charge is 0.247 e. The number of carbonyl (C=O) groups excluding carboxylic acids is 1. The highest BCUT2D eigenvalue weighted by Gasteiger charge is 2.17. The third-order valence-electron chi connectivity index (χ3n) is 6.12. The summed E-state index contributed by atoms with van der Waals surface area (Å²) >= 11 is 0. The maximum absolute atomic E-state index is 11.7. The third kappa shape index (κ3) is 8.82. The highest BCUT2D eigenvalue weighted by atomic mass is 28.3. The molecule has 0 aliphatic carbocycles. The first-order valence-electron chi connectivity index (χ1n) is 13.5. The number of nitrogens with one attached hydrogen (secondary N) is 1. The molecule has 0 fully saturated rings. The summed E-state index contributed by atoms with van der Waals surface area (Å²) in [6, 6.07) is 8.13. The highest BCUT2D eigenvalue weighted by molar-refractivity contribution is 6.76. The van der Waals surface area contributed by atoms with Gasteiger partial charge in [0.1, 0.15) is 18.0 Å². The standard InChI is InChI=1S/C29H38N6O5Si/c1-6-26(36)32-23-8-7-9-24(16-23)40-27-18-30-29-28(33-27)25(20-34(29)21-39-14-15-41(3,4)5)22-17-31-35(19-22)10-11-38-13-12-37-2/h6-9,16-20H,1,10-15,21H2,2-5H3,(H,32,36). The van der Waals surface area contributed by atoms with Crippen LogP contribution in [0.3, 0.4) is 0 Å². The highest BCUT2D eigenvalue weighted by Crippen LogP contribution is 2.31. The Kier molecular flexibility index (Phi) is 10.4. The van der Waals surface area contributed by atoms with E-state index in [1.165, 1.54) is 6.08 Å². The summed E-state index contributed by atoms with van der Waals surface area (Å²) < 4.78 is 26.5. The molecule has 3 aromatic heterocycles. The van der Waals surface area contributed by atoms with Gasteiger partial charge < -0.3 is 28.8 Å². The van der Waals surface area contributed by atoms with Crippen LogP contribution >= 0.6 is 0 Å². The van der Waals surface area contributed by atoms with Crippen molar-refractivity contribution in [1.82, 2.24) is 24.3 Å². The molecular formula is C29H38N6O5Si. The molecule has 41 heavy (non-hydrogen) atoms. The zero-order valence-corrected chi connectivity index (χ0v) is 25.1. The van der Waals surface area contributed by atoms with Crippen molar-refractivity contribution < 1.29 is 23.7 Å². The van der Waals surface area contributed by atoms with E-state index in [1.54, 1.807) is 43.8 Å². The lowest BCUT2D eigenvalue weighted by atomic mass is 10.2. The molecule has 0 atom stereocenters. The Morgan fingerprint density at radius 3 is 2.73 bits per heavy atom. The SMILES string of the molecule is C=CC(=O)Nc1cccc(Oc2cnc3c(n2)c(-c2cnn(CCOCCOC)c2)cn3COCC[Si](C)(C)C)c1. The first-order chi connectivity index (χ1) is 19.8. The van der Waals surface area contributed by atoms with Crippen LogP contribution in [0.4, 0.5) is 5.69 Å². The van der Waals surface area contributed by atoms with Gasteiger partial charge in [-0.05, 0) is 24.3 Å². The molecule has 0 unspecified atom stereocenters. The molecule has 0 spiro atoms. The van der Waals surface area contributed by atoms with Crippen LogP contribution in [-0.2, 0) is 32.3 Å². The molecule has 1 amide bonds. The van der Waals surface area contributed by atoms with E-state index >= 15 is 0 Å². The predicted molar refractivity (Wildman–Crippen MR) is 161 cm³/mol. The second-order valence-electron chi connectivity index (χ2n) is 10.7. The molecule has 3 heterocycles. The van der Waals surface area contributed by atoms with Crippen LogP contribution in [0.1, 0.15) is 0 Å². The van der Waals surface area contributed by atoms with E-state index in [9.17, 15) is 4.79 Å². The first kappa shape index (κ1) is 30.1. The quantitative estimate of drug-likeness (QED) is 0.110. The predicted octanol–water partition coefficient (Wildman–Crippen LogP) is 5.19. The van der Waals surface area contributed by atoms with Crippen LogP contribution in [0, 0.1) is 0 Å². The number of benzene rings is 1. The number of methoxy groups -OCH3 is 1. The Labute approximate surface area is 241 Å². The molecule has 218 valence electrons. The molecule has 0 saturated carbocycles. The van der Waals surface area contributed by atoms with E-state index < -0.39 is 8.07 Å². The van der Waals surface area contributed by atoms with Crippen LogP contribution in [0.5, 0.6) is 11.6 Å². The number of fused-ring (bicyclic) bond motifs is 1. The second-order valence-corrected chi connectivity index (χ2v) is 16.3. The number of rotatable bonds is 16. The van der Waals surface area contributed by atoms with Gasteiger partial charge in [-0.3, -0.25) is 9.48 Å². The van der Waals surface area contributed by atoms with Gasteiger partial charge in [0.05, 0.1) is 38.8 Å². The van der Waals surface area contributed by atoms with E-state index in [1.807, 2.05) is 21.6 Å². The van der Waals surface area contributed by atoms with Crippen LogP contribution in [-0.4, -0.2) is 71.8 Å². The number of anilines is 1. The lowest BCUT2D eigenvalue weighted by molar-refractivity contribution is -0.111. The summed E-state index contributed by atoms with van der Waals surface area (Å²) in [4.78, 5) is 21.2. The average molecular weight is 579 g/mol. The lowest BCUT2D eigenvalue weighted by Crippen LogP contribution is -2.22. The molecule has 4 rings (SSSR count). The molecule has 4 aromatic rings. The minimum Gasteiger partial charge on any atom is -0.437 e. The van der Waals surface area contributed by atoms with Gasteiger partial charge >= 0.3 is 0 Å². The van der Waals surface area contributed by atoms with Crippen molar-refractivity contribution in [3.05, 3.63) is 61.7 Å². The summed E-state index contributed by atoms with van der Waals surface area (Å²) in [6.07, 6.45) is 8.56. The normalized spacial score (nSPS) is 11.6. The lowest BCUT2D eigenvalue weighted by Gasteiger charge is -2.15. The second kappa shape index (κ2) is 14.2. The minimum absolute atomic E-state index is 0.302. The topological polar surface area (TPSA) is 115 Å². The van der Waals surface area contributed by atoms with Gasteiger partial charge in [0, 0.05) is 57.1 Å². The maximum Gasteiger partial charge on any atom is 0.247 e. The molecule has 0 radical (unpaired) electrons. The van der Waals surface area contributed by atoms with Crippen LogP contribution in [0.25, 0.3) is 22.3 Å². The molecule has 0 saturated heterocycles. The number of hydrogen-bond acceptors (Lipinski definition) is 8. The number of aromatic nitrogens is 5. The van der Waals surface area contributed by atoms with Crippen LogP contribution in [0.2, 0.25) is 25.7 Å². The Morgan fingerprint density at radius 1 is 1.10 bits per heavy atom. The van der Waals surface area contributed by atoms with Gasteiger partial charge in [0.25, 0.3) is 0 Å². The third-order valence-corrected chi connectivity index (χ3v) is 7.82. The number of carbonyl (C=O) groups is 1. The van der Waals surface area contributed by atoms with Crippen molar-refractivity contribution in [3.63, 3.8) is 0 Å². The van der Waals surface area contributed by atoms with Gasteiger partial charge in [-0.15, -0.1) is 0 Å². The fourth-order valence-corrected chi connectivity index (χ4v) is 4.67. The molecular weight excluding hydrogens is 540 g/mol. The molecule has 11 nitrogen and oxygen atoms in total. The monoisotopic (exact) mass is 578 g/mol. The summed E-state index contributed by atoms with van der Waals surface area (Å²) in [5.41, 5.74) is 3.70. The molecule has 0 aliphatic heterocycles. The Hall–Kier alpha value is -3.84. The van der Waals surface area contributed by atoms with Crippen molar-refractivity contribution in [2.45, 2.75) is 39.0 Å². The van der Waals surface area contributed by atoms with Crippen molar-refractivity contribution >= 4 is 30.8 Å². The maximum atomic E-state index is 11.7. The Bertz CT molecular complexity index is 1460. The molecule has 0 aliphatic rings. The Morgan fingerprint density at radius 2 is 1.95 bits per heavy atom. The van der Waals surface area contributed by atoms with E-state index in [-0.39, 0.29) is 5.91 Å². The molecule has 12 heteroatoms. The average Bonchev–Trinajstić information content (AvgIpc) is 3.55. The van der Waals surface area contributed by atoms with Gasteiger partial charge in [-0.1, -0.05) is 32.3 Å². The first-order valence-corrected chi connectivity index (χ1v) is 17.2. The van der Waals surface area contributed by atoms with Gasteiger partial charge in [0.2, 0.25) is 11.8 Å². The molecule has 1 N–H and O–H groups in total. The Balaban J connectivity index is 1.58. The van der Waals surface area contributed by atoms with E-state index in [4.69, 9.17) is 23.9 Å². The number of amides is 1. The van der Waals surface area contributed by atoms with Crippen molar-refractivity contribution in [2.24, 2.45) is 0 Å². The number of nitrogens with zero attached hydrogens (tertiary/aromatic N) is 5. The van der Waals surface area contributed by atoms with Crippen molar-refractivity contribution in [1.29, 1.82) is 0 Å². The van der Waals surface area contributed by atoms with Crippen molar-refractivity contribution in [3.8, 4) is 22.8 Å². The van der Waals surface area contributed by atoms with Crippen molar-refractivity contribution in [2.75, 3.05) is 38.9 Å². The minimum atomic E-state index is -1.21. The van der Waals surface area contributed by atoms with E-state index in [0.29, 0.717) is 68.2 Å². The fraction of sp³-hybridized carbons (Fsp3) is 0.379. The zero-order valence-electron chi connectivity index (χ0n) is 24.1. The van der Waals surface area contributed by atoms with Crippen LogP contribution in [0.15, 0.2) is 61.7 Å². The molecule has 0 bridgehead atoms. The zero-order chi connectivity index (χ0) is 29.2. The fourth-order valence-electron chi connectivity index (χ4n) is 3.91. The summed E-state index contributed by atoms with van der Waals surface area (Å²) in [5.74, 6) is 0.531.